The first kappa shape index (κ1) is 26.9. The van der Waals surface area contributed by atoms with Gasteiger partial charge in [-0.05, 0) is 78.3 Å². The minimum Gasteiger partial charge on any atom is -0.289 e. The van der Waals surface area contributed by atoms with Crippen LogP contribution in [-0.2, 0) is 5.41 Å². The third-order valence-electron chi connectivity index (χ3n) is 9.06. The van der Waals surface area contributed by atoms with Crippen molar-refractivity contribution < 1.29 is 4.79 Å². The van der Waals surface area contributed by atoms with Crippen LogP contribution in [0.15, 0.2) is 133 Å². The van der Waals surface area contributed by atoms with E-state index in [4.69, 9.17) is 0 Å². The maximum absolute atomic E-state index is 13.2. The Labute approximate surface area is 254 Å². The summed E-state index contributed by atoms with van der Waals surface area (Å²) in [5.74, 6) is 0.0454. The van der Waals surface area contributed by atoms with Gasteiger partial charge in [-0.15, -0.1) is 0 Å². The Kier molecular flexibility index (Phi) is 6.47. The van der Waals surface area contributed by atoms with Gasteiger partial charge in [-0.2, -0.15) is 0 Å². The van der Waals surface area contributed by atoms with Gasteiger partial charge in [0.2, 0.25) is 0 Å². The average molecular weight is 555 g/mol. The van der Waals surface area contributed by atoms with Crippen LogP contribution in [0.5, 0.6) is 0 Å². The van der Waals surface area contributed by atoms with E-state index in [0.717, 1.165) is 16.7 Å². The zero-order valence-corrected chi connectivity index (χ0v) is 25.1. The Bertz CT molecular complexity index is 1930. The highest BCUT2D eigenvalue weighted by Crippen LogP contribution is 2.57. The van der Waals surface area contributed by atoms with Crippen LogP contribution in [0.1, 0.15) is 60.4 Å². The fourth-order valence-electron chi connectivity index (χ4n) is 6.70. The van der Waals surface area contributed by atoms with E-state index >= 15 is 0 Å². The van der Waals surface area contributed by atoms with Gasteiger partial charge in [0, 0.05) is 11.1 Å². The number of rotatable bonds is 5. The first-order chi connectivity index (χ1) is 20.8. The largest absolute Gasteiger partial charge is 0.289 e. The Morgan fingerprint density at radius 1 is 0.419 bits per heavy atom. The molecule has 0 atom stereocenters. The Morgan fingerprint density at radius 3 is 1.35 bits per heavy atom. The van der Waals surface area contributed by atoms with Crippen LogP contribution in [0.3, 0.4) is 0 Å². The van der Waals surface area contributed by atoms with Crippen LogP contribution in [0.4, 0.5) is 0 Å². The third kappa shape index (κ3) is 4.44. The number of hydrogen-bond donors (Lipinski definition) is 0. The molecule has 0 fully saturated rings. The summed E-state index contributed by atoms with van der Waals surface area (Å²) in [6.45, 7) is 8.51. The highest BCUT2D eigenvalue weighted by atomic mass is 16.1. The zero-order valence-electron chi connectivity index (χ0n) is 25.1. The van der Waals surface area contributed by atoms with Gasteiger partial charge in [-0.1, -0.05) is 150 Å². The van der Waals surface area contributed by atoms with Gasteiger partial charge < -0.3 is 0 Å². The van der Waals surface area contributed by atoms with E-state index in [1.165, 1.54) is 50.1 Å². The monoisotopic (exact) mass is 554 g/mol. The second-order valence-corrected chi connectivity index (χ2v) is 12.1. The van der Waals surface area contributed by atoms with Gasteiger partial charge in [0.1, 0.15) is 0 Å². The molecule has 0 spiro atoms. The molecule has 0 radical (unpaired) electrons. The Hall–Kier alpha value is -5.01. The number of ketones is 1. The molecule has 1 nitrogen and oxygen atoms in total. The van der Waals surface area contributed by atoms with E-state index in [-0.39, 0.29) is 5.78 Å². The number of hydrogen-bond acceptors (Lipinski definition) is 1. The van der Waals surface area contributed by atoms with Crippen molar-refractivity contribution in [1.82, 2.24) is 0 Å². The van der Waals surface area contributed by atoms with Crippen molar-refractivity contribution in [2.24, 2.45) is 0 Å². The summed E-state index contributed by atoms with van der Waals surface area (Å²) in [7, 11) is 0. The number of fused-ring (bicyclic) bond motifs is 3. The summed E-state index contributed by atoms with van der Waals surface area (Å²) in [6.07, 6.45) is 0. The second-order valence-electron chi connectivity index (χ2n) is 12.1. The third-order valence-corrected chi connectivity index (χ3v) is 9.06. The lowest BCUT2D eigenvalue weighted by Crippen LogP contribution is -2.28. The normalized spacial score (nSPS) is 12.9. The van der Waals surface area contributed by atoms with Crippen molar-refractivity contribution in [3.63, 3.8) is 0 Å². The lowest BCUT2D eigenvalue weighted by molar-refractivity contribution is 0.103. The van der Waals surface area contributed by atoms with E-state index in [1.54, 1.807) is 0 Å². The van der Waals surface area contributed by atoms with Crippen LogP contribution < -0.4 is 0 Å². The minimum absolute atomic E-state index is 0.0454. The van der Waals surface area contributed by atoms with Gasteiger partial charge in [0.05, 0.1) is 5.41 Å². The van der Waals surface area contributed by atoms with Crippen molar-refractivity contribution >= 4 is 5.78 Å². The summed E-state index contributed by atoms with van der Waals surface area (Å²) in [5, 5.41) is 0. The van der Waals surface area contributed by atoms with Crippen LogP contribution in [0, 0.1) is 27.7 Å². The van der Waals surface area contributed by atoms with E-state index in [9.17, 15) is 4.79 Å². The summed E-state index contributed by atoms with van der Waals surface area (Å²) in [6, 6.07) is 47.7. The SMILES string of the molecule is Cc1ccc(C(=O)c2ccc(-c3ccc4c(c3)C(c3ccc(C)cc3)(c3ccc(C)cc3)c3cc(C)ccc3-4)cc2)cc1. The second kappa shape index (κ2) is 10.4. The van der Waals surface area contributed by atoms with Crippen LogP contribution in [-0.4, -0.2) is 5.78 Å². The Morgan fingerprint density at radius 2 is 0.814 bits per heavy atom. The first-order valence-electron chi connectivity index (χ1n) is 15.0. The van der Waals surface area contributed by atoms with Gasteiger partial charge in [-0.3, -0.25) is 4.79 Å². The molecular weight excluding hydrogens is 520 g/mol. The van der Waals surface area contributed by atoms with E-state index < -0.39 is 5.41 Å². The van der Waals surface area contributed by atoms with Gasteiger partial charge in [-0.25, -0.2) is 0 Å². The maximum Gasteiger partial charge on any atom is 0.193 e. The molecule has 1 heteroatoms. The summed E-state index contributed by atoms with van der Waals surface area (Å²) >= 11 is 0. The molecule has 0 heterocycles. The molecule has 0 saturated carbocycles. The first-order valence-corrected chi connectivity index (χ1v) is 15.0. The summed E-state index contributed by atoms with van der Waals surface area (Å²) in [4.78, 5) is 13.2. The zero-order chi connectivity index (χ0) is 29.7. The van der Waals surface area contributed by atoms with Crippen LogP contribution in [0.25, 0.3) is 22.3 Å². The number of carbonyl (C=O) groups excluding carboxylic acids is 1. The van der Waals surface area contributed by atoms with Crippen molar-refractivity contribution in [2.45, 2.75) is 33.1 Å². The topological polar surface area (TPSA) is 17.1 Å². The van der Waals surface area contributed by atoms with Crippen LogP contribution >= 0.6 is 0 Å². The number of benzene rings is 6. The Balaban J connectivity index is 1.41. The molecule has 0 amide bonds. The molecule has 0 aromatic heterocycles. The molecule has 0 saturated heterocycles. The van der Waals surface area contributed by atoms with Crippen molar-refractivity contribution in [3.8, 4) is 22.3 Å². The predicted octanol–water partition coefficient (Wildman–Crippen LogP) is 10.2. The fourth-order valence-corrected chi connectivity index (χ4v) is 6.70. The van der Waals surface area contributed by atoms with Crippen molar-refractivity contribution in [1.29, 1.82) is 0 Å². The van der Waals surface area contributed by atoms with Crippen molar-refractivity contribution in [3.05, 3.63) is 189 Å². The molecule has 6 aromatic carbocycles. The minimum atomic E-state index is -0.449. The lowest BCUT2D eigenvalue weighted by atomic mass is 9.67. The summed E-state index contributed by atoms with van der Waals surface area (Å²) in [5.41, 5.74) is 15.8. The van der Waals surface area contributed by atoms with Gasteiger partial charge >= 0.3 is 0 Å². The molecule has 0 aliphatic heterocycles. The molecule has 43 heavy (non-hydrogen) atoms. The molecule has 1 aliphatic carbocycles. The van der Waals surface area contributed by atoms with Crippen molar-refractivity contribution in [2.75, 3.05) is 0 Å². The predicted molar refractivity (Wildman–Crippen MR) is 178 cm³/mol. The van der Waals surface area contributed by atoms with E-state index in [0.29, 0.717) is 11.1 Å². The molecule has 208 valence electrons. The summed E-state index contributed by atoms with van der Waals surface area (Å²) < 4.78 is 0. The number of carbonyl (C=O) groups is 1. The molecule has 7 rings (SSSR count). The highest BCUT2D eigenvalue weighted by Gasteiger charge is 2.46. The molecule has 0 unspecified atom stereocenters. The molecule has 0 N–H and O–H groups in total. The highest BCUT2D eigenvalue weighted by molar-refractivity contribution is 6.09. The van der Waals surface area contributed by atoms with E-state index in [1.807, 2.05) is 43.3 Å². The van der Waals surface area contributed by atoms with Gasteiger partial charge in [0.15, 0.2) is 5.78 Å². The molecule has 0 bridgehead atoms. The molecular formula is C42H34O. The van der Waals surface area contributed by atoms with Crippen LogP contribution in [0.2, 0.25) is 0 Å². The maximum atomic E-state index is 13.2. The quantitative estimate of drug-likeness (QED) is 0.193. The van der Waals surface area contributed by atoms with Gasteiger partial charge in [0.25, 0.3) is 0 Å². The average Bonchev–Trinajstić information content (AvgIpc) is 3.31. The number of aryl methyl sites for hydroxylation is 4. The lowest BCUT2D eigenvalue weighted by Gasteiger charge is -2.34. The fraction of sp³-hybridized carbons (Fsp3) is 0.119. The molecule has 6 aromatic rings. The molecule has 1 aliphatic rings. The smallest absolute Gasteiger partial charge is 0.193 e. The van der Waals surface area contributed by atoms with E-state index in [2.05, 4.69) is 118 Å². The standard InChI is InChI=1S/C42H34O/c1-27-5-12-32(13-6-27)41(43)33-16-14-31(15-17-33)34-18-24-38-37-23-11-30(4)25-39(37)42(40(38)26-34,35-19-7-28(2)8-20-35)36-21-9-29(3)10-22-36/h5-26H,1-4H3.